The van der Waals surface area contributed by atoms with Crippen LogP contribution in [0.5, 0.6) is 0 Å². The van der Waals surface area contributed by atoms with E-state index in [1.54, 1.807) is 18.2 Å². The molecule has 0 unspecified atom stereocenters. The van der Waals surface area contributed by atoms with Crippen LogP contribution in [0.4, 0.5) is 11.4 Å². The second-order valence-corrected chi connectivity index (χ2v) is 5.43. The van der Waals surface area contributed by atoms with E-state index in [4.69, 9.17) is 17.3 Å². The average molecular weight is 348 g/mol. The van der Waals surface area contributed by atoms with Crippen LogP contribution in [0, 0.1) is 5.41 Å². The number of hydrogen-bond donors (Lipinski definition) is 3. The molecule has 1 aromatic carbocycles. The van der Waals surface area contributed by atoms with Crippen molar-refractivity contribution in [1.29, 1.82) is 0 Å². The minimum absolute atomic E-state index is 0. The second kappa shape index (κ2) is 8.98. The van der Waals surface area contributed by atoms with Crippen LogP contribution in [0.2, 0.25) is 5.02 Å². The molecule has 0 spiro atoms. The van der Waals surface area contributed by atoms with Crippen molar-refractivity contribution in [2.24, 2.45) is 11.1 Å². The molecule has 1 rings (SSSR count). The molecule has 0 bridgehead atoms. The van der Waals surface area contributed by atoms with E-state index < -0.39 is 5.41 Å². The topological polar surface area (TPSA) is 84.2 Å². The maximum absolute atomic E-state index is 12.4. The first-order valence-corrected chi connectivity index (χ1v) is 7.35. The number of anilines is 2. The Morgan fingerprint density at radius 2 is 1.82 bits per heavy atom. The molecule has 22 heavy (non-hydrogen) atoms. The van der Waals surface area contributed by atoms with Gasteiger partial charge < -0.3 is 16.4 Å². The summed E-state index contributed by atoms with van der Waals surface area (Å²) in [4.78, 5) is 23.6. The van der Waals surface area contributed by atoms with Crippen LogP contribution in [0.15, 0.2) is 18.2 Å². The quantitative estimate of drug-likeness (QED) is 0.736. The molecule has 2 amide bonds. The fraction of sp³-hybridized carbons (Fsp3) is 0.467. The van der Waals surface area contributed by atoms with Crippen molar-refractivity contribution in [3.05, 3.63) is 23.2 Å². The average Bonchev–Trinajstić information content (AvgIpc) is 2.44. The Balaban J connectivity index is 0.00000441. The fourth-order valence-corrected chi connectivity index (χ4v) is 2.27. The van der Waals surface area contributed by atoms with Crippen LogP contribution < -0.4 is 16.4 Å². The molecular formula is C15H23Cl2N3O2. The van der Waals surface area contributed by atoms with Crippen LogP contribution in [0.1, 0.15) is 33.6 Å². The smallest absolute Gasteiger partial charge is 0.231 e. The molecule has 0 aromatic heterocycles. The third kappa shape index (κ3) is 4.87. The fourth-order valence-electron chi connectivity index (χ4n) is 2.10. The van der Waals surface area contributed by atoms with Gasteiger partial charge in [-0.15, -0.1) is 12.4 Å². The molecule has 0 aliphatic heterocycles. The number of carbonyl (C=O) groups excluding carboxylic acids is 2. The molecule has 0 saturated carbocycles. The van der Waals surface area contributed by atoms with Gasteiger partial charge in [0.15, 0.2) is 0 Å². The number of nitrogens with one attached hydrogen (secondary N) is 2. The number of carbonyl (C=O) groups is 2. The van der Waals surface area contributed by atoms with Gasteiger partial charge in [0.05, 0.1) is 16.1 Å². The summed E-state index contributed by atoms with van der Waals surface area (Å²) in [5.74, 6) is -0.343. The monoisotopic (exact) mass is 347 g/mol. The van der Waals surface area contributed by atoms with E-state index in [-0.39, 0.29) is 30.8 Å². The van der Waals surface area contributed by atoms with Crippen LogP contribution >= 0.6 is 24.0 Å². The molecule has 0 radical (unpaired) electrons. The minimum Gasteiger partial charge on any atom is -0.329 e. The highest BCUT2D eigenvalue weighted by atomic mass is 35.5. The lowest BCUT2D eigenvalue weighted by Gasteiger charge is -2.28. The molecule has 7 heteroatoms. The van der Waals surface area contributed by atoms with E-state index in [0.717, 1.165) is 0 Å². The van der Waals surface area contributed by atoms with E-state index >= 15 is 0 Å². The SMILES string of the molecule is CCC(CC)(CN)C(=O)Nc1ccc(Cl)c(NC(C)=O)c1.Cl. The van der Waals surface area contributed by atoms with Gasteiger partial charge in [-0.2, -0.15) is 0 Å². The van der Waals surface area contributed by atoms with Gasteiger partial charge in [0.25, 0.3) is 0 Å². The number of benzene rings is 1. The molecule has 0 fully saturated rings. The van der Waals surface area contributed by atoms with Crippen molar-refractivity contribution < 1.29 is 9.59 Å². The molecule has 0 heterocycles. The van der Waals surface area contributed by atoms with E-state index in [0.29, 0.717) is 29.2 Å². The molecule has 4 N–H and O–H groups in total. The van der Waals surface area contributed by atoms with E-state index in [1.807, 2.05) is 13.8 Å². The molecule has 124 valence electrons. The highest BCUT2D eigenvalue weighted by molar-refractivity contribution is 6.33. The largest absolute Gasteiger partial charge is 0.329 e. The van der Waals surface area contributed by atoms with Gasteiger partial charge in [-0.1, -0.05) is 25.4 Å². The summed E-state index contributed by atoms with van der Waals surface area (Å²) in [5.41, 5.74) is 6.23. The number of nitrogens with two attached hydrogens (primary N) is 1. The summed E-state index contributed by atoms with van der Waals surface area (Å²) < 4.78 is 0. The summed E-state index contributed by atoms with van der Waals surface area (Å²) in [7, 11) is 0. The zero-order chi connectivity index (χ0) is 16.0. The van der Waals surface area contributed by atoms with Gasteiger partial charge in [0, 0.05) is 19.2 Å². The molecular weight excluding hydrogens is 325 g/mol. The Bertz CT molecular complexity index is 523. The summed E-state index contributed by atoms with van der Waals surface area (Å²) >= 11 is 6.00. The van der Waals surface area contributed by atoms with Gasteiger partial charge in [-0.05, 0) is 31.0 Å². The second-order valence-electron chi connectivity index (χ2n) is 5.02. The lowest BCUT2D eigenvalue weighted by molar-refractivity contribution is -0.125. The third-order valence-electron chi connectivity index (χ3n) is 3.76. The highest BCUT2D eigenvalue weighted by Gasteiger charge is 2.33. The Labute approximate surface area is 142 Å². The van der Waals surface area contributed by atoms with E-state index in [2.05, 4.69) is 10.6 Å². The Kier molecular flexibility index (Phi) is 8.45. The maximum atomic E-state index is 12.4. The summed E-state index contributed by atoms with van der Waals surface area (Å²) in [5, 5.41) is 5.88. The van der Waals surface area contributed by atoms with Crippen LogP contribution in [-0.2, 0) is 9.59 Å². The van der Waals surface area contributed by atoms with Crippen molar-refractivity contribution >= 4 is 47.2 Å². The molecule has 0 atom stereocenters. The predicted octanol–water partition coefficient (Wildman–Crippen LogP) is 3.42. The molecule has 0 aliphatic rings. The lowest BCUT2D eigenvalue weighted by Crippen LogP contribution is -2.41. The number of hydrogen-bond acceptors (Lipinski definition) is 3. The number of halogens is 2. The van der Waals surface area contributed by atoms with Crippen LogP contribution in [0.3, 0.4) is 0 Å². The molecule has 5 nitrogen and oxygen atoms in total. The van der Waals surface area contributed by atoms with Gasteiger partial charge in [-0.25, -0.2) is 0 Å². The van der Waals surface area contributed by atoms with Crippen molar-refractivity contribution in [1.82, 2.24) is 0 Å². The van der Waals surface area contributed by atoms with Crippen molar-refractivity contribution in [2.45, 2.75) is 33.6 Å². The third-order valence-corrected chi connectivity index (χ3v) is 4.09. The summed E-state index contributed by atoms with van der Waals surface area (Å²) in [6.07, 6.45) is 1.33. The first-order chi connectivity index (χ1) is 9.88. The zero-order valence-corrected chi connectivity index (χ0v) is 14.6. The van der Waals surface area contributed by atoms with Gasteiger partial charge in [-0.3, -0.25) is 9.59 Å². The standard InChI is InChI=1S/C15H22ClN3O2.ClH/c1-4-15(5-2,9-17)14(21)19-11-6-7-12(16)13(8-11)18-10(3)20;/h6-8H,4-5,9,17H2,1-3H3,(H,18,20)(H,19,21);1H. The Morgan fingerprint density at radius 1 is 1.23 bits per heavy atom. The number of amides is 2. The van der Waals surface area contributed by atoms with E-state index in [9.17, 15) is 9.59 Å². The van der Waals surface area contributed by atoms with Gasteiger partial charge >= 0.3 is 0 Å². The highest BCUT2D eigenvalue weighted by Crippen LogP contribution is 2.29. The summed E-state index contributed by atoms with van der Waals surface area (Å²) in [6, 6.07) is 4.96. The van der Waals surface area contributed by atoms with Gasteiger partial charge in [0.2, 0.25) is 11.8 Å². The summed E-state index contributed by atoms with van der Waals surface area (Å²) in [6.45, 7) is 5.58. The van der Waals surface area contributed by atoms with Crippen LogP contribution in [-0.4, -0.2) is 18.4 Å². The molecule has 0 saturated heterocycles. The molecule has 1 aromatic rings. The van der Waals surface area contributed by atoms with Crippen molar-refractivity contribution in [3.63, 3.8) is 0 Å². The minimum atomic E-state index is -0.576. The Morgan fingerprint density at radius 3 is 2.27 bits per heavy atom. The lowest BCUT2D eigenvalue weighted by atomic mass is 9.81. The first-order valence-electron chi connectivity index (χ1n) is 6.97. The van der Waals surface area contributed by atoms with Crippen molar-refractivity contribution in [3.8, 4) is 0 Å². The maximum Gasteiger partial charge on any atom is 0.231 e. The normalized spacial score (nSPS) is 10.6. The Hall–Kier alpha value is -1.30. The van der Waals surface area contributed by atoms with Gasteiger partial charge in [0.1, 0.15) is 0 Å². The van der Waals surface area contributed by atoms with E-state index in [1.165, 1.54) is 6.92 Å². The molecule has 0 aliphatic carbocycles. The van der Waals surface area contributed by atoms with Crippen LogP contribution in [0.25, 0.3) is 0 Å². The van der Waals surface area contributed by atoms with Crippen molar-refractivity contribution in [2.75, 3.05) is 17.2 Å². The first kappa shape index (κ1) is 20.7. The zero-order valence-electron chi connectivity index (χ0n) is 13.0. The predicted molar refractivity (Wildman–Crippen MR) is 93.7 cm³/mol. The number of rotatable bonds is 6.